The van der Waals surface area contributed by atoms with Crippen LogP contribution in [0.1, 0.15) is 18.2 Å². The summed E-state index contributed by atoms with van der Waals surface area (Å²) in [7, 11) is 0. The normalized spacial score (nSPS) is 16.3. The summed E-state index contributed by atoms with van der Waals surface area (Å²) < 4.78 is 5.58. The first kappa shape index (κ1) is 22.0. The summed E-state index contributed by atoms with van der Waals surface area (Å²) >= 11 is 0. The molecule has 1 aromatic carbocycles. The summed E-state index contributed by atoms with van der Waals surface area (Å²) in [5, 5.41) is 3.10. The Balaban J connectivity index is 1.48. The molecule has 34 heavy (non-hydrogen) atoms. The van der Waals surface area contributed by atoms with Gasteiger partial charge in [0.05, 0.1) is 25.5 Å². The van der Waals surface area contributed by atoms with E-state index in [4.69, 9.17) is 20.4 Å². The standard InChI is InChI=1S/C24H29N9O/c1-2-26-23(25)29-18-6-4-17(5-7-18)21-30-20-16-33(24-27-9-3-10-28-24)11-8-19(20)22(31-21)32-12-14-34-15-13-32/h3-7,9-10H,2,8,11-16H2,1H3,(H3,25,26,29). The lowest BCUT2D eigenvalue weighted by atomic mass is 10.0. The maximum atomic E-state index is 5.89. The molecule has 1 saturated heterocycles. The molecule has 0 bridgehead atoms. The fourth-order valence-corrected chi connectivity index (χ4v) is 4.26. The molecular weight excluding hydrogens is 430 g/mol. The van der Waals surface area contributed by atoms with Crippen LogP contribution in [0.3, 0.4) is 0 Å². The van der Waals surface area contributed by atoms with Crippen LogP contribution < -0.4 is 20.9 Å². The van der Waals surface area contributed by atoms with Crippen LogP contribution in [0.15, 0.2) is 47.7 Å². The van der Waals surface area contributed by atoms with Gasteiger partial charge in [-0.05, 0) is 43.7 Å². The lowest BCUT2D eigenvalue weighted by Crippen LogP contribution is -2.39. The van der Waals surface area contributed by atoms with Gasteiger partial charge >= 0.3 is 0 Å². The Kier molecular flexibility index (Phi) is 6.48. The molecule has 1 fully saturated rings. The Morgan fingerprint density at radius 2 is 1.82 bits per heavy atom. The van der Waals surface area contributed by atoms with E-state index in [1.54, 1.807) is 12.4 Å². The molecule has 0 atom stereocenters. The van der Waals surface area contributed by atoms with Crippen LogP contribution in [-0.4, -0.2) is 65.3 Å². The van der Waals surface area contributed by atoms with Gasteiger partial charge < -0.3 is 25.6 Å². The molecule has 176 valence electrons. The van der Waals surface area contributed by atoms with Crippen molar-refractivity contribution in [2.24, 2.45) is 10.7 Å². The third kappa shape index (κ3) is 4.76. The van der Waals surface area contributed by atoms with Gasteiger partial charge in [0.2, 0.25) is 5.95 Å². The first-order valence-electron chi connectivity index (χ1n) is 11.6. The quantitative estimate of drug-likeness (QED) is 0.437. The zero-order valence-electron chi connectivity index (χ0n) is 19.3. The fourth-order valence-electron chi connectivity index (χ4n) is 4.26. The molecule has 10 nitrogen and oxygen atoms in total. The monoisotopic (exact) mass is 459 g/mol. The maximum Gasteiger partial charge on any atom is 0.225 e. The summed E-state index contributed by atoms with van der Waals surface area (Å²) in [5.74, 6) is 2.84. The van der Waals surface area contributed by atoms with Gasteiger partial charge in [0.25, 0.3) is 0 Å². The van der Waals surface area contributed by atoms with Crippen LogP contribution in [0, 0.1) is 0 Å². The average molecular weight is 460 g/mol. The van der Waals surface area contributed by atoms with E-state index < -0.39 is 0 Å². The number of fused-ring (bicyclic) bond motifs is 1. The van der Waals surface area contributed by atoms with Crippen molar-refractivity contribution in [3.8, 4) is 11.4 Å². The highest BCUT2D eigenvalue weighted by Crippen LogP contribution is 2.31. The van der Waals surface area contributed by atoms with Crippen molar-refractivity contribution in [3.63, 3.8) is 0 Å². The number of nitrogens with zero attached hydrogens (tertiary/aromatic N) is 7. The molecular formula is C24H29N9O. The molecule has 0 radical (unpaired) electrons. The molecule has 5 rings (SSSR count). The Labute approximate surface area is 198 Å². The number of guanidine groups is 1. The van der Waals surface area contributed by atoms with Gasteiger partial charge in [-0.1, -0.05) is 0 Å². The Morgan fingerprint density at radius 1 is 1.06 bits per heavy atom. The maximum absolute atomic E-state index is 5.89. The average Bonchev–Trinajstić information content (AvgIpc) is 2.89. The molecule has 10 heteroatoms. The van der Waals surface area contributed by atoms with Gasteiger partial charge in [-0.2, -0.15) is 0 Å². The summed E-state index contributed by atoms with van der Waals surface area (Å²) in [6.07, 6.45) is 4.39. The molecule has 4 heterocycles. The van der Waals surface area contributed by atoms with Crippen LogP contribution in [0.5, 0.6) is 0 Å². The molecule has 2 aliphatic rings. The number of nitrogens with two attached hydrogens (primary N) is 1. The molecule has 3 aromatic rings. The lowest BCUT2D eigenvalue weighted by molar-refractivity contribution is 0.122. The minimum Gasteiger partial charge on any atom is -0.378 e. The van der Waals surface area contributed by atoms with Crippen molar-refractivity contribution >= 4 is 23.4 Å². The van der Waals surface area contributed by atoms with Gasteiger partial charge in [0.15, 0.2) is 11.8 Å². The number of hydrogen-bond donors (Lipinski definition) is 2. The number of morpholine rings is 1. The number of anilines is 3. The van der Waals surface area contributed by atoms with Crippen molar-refractivity contribution in [2.45, 2.75) is 19.9 Å². The van der Waals surface area contributed by atoms with Crippen LogP contribution in [0.4, 0.5) is 17.5 Å². The van der Waals surface area contributed by atoms with Crippen molar-refractivity contribution in [3.05, 3.63) is 54.0 Å². The van der Waals surface area contributed by atoms with E-state index in [1.807, 2.05) is 37.3 Å². The predicted molar refractivity (Wildman–Crippen MR) is 133 cm³/mol. The highest BCUT2D eigenvalue weighted by Gasteiger charge is 2.27. The minimum absolute atomic E-state index is 0.401. The summed E-state index contributed by atoms with van der Waals surface area (Å²) in [6, 6.07) is 9.78. The molecule has 0 spiro atoms. The first-order valence-corrected chi connectivity index (χ1v) is 11.6. The molecule has 0 amide bonds. The molecule has 2 aliphatic heterocycles. The number of ether oxygens (including phenoxy) is 1. The largest absolute Gasteiger partial charge is 0.378 e. The summed E-state index contributed by atoms with van der Waals surface area (Å²) in [6.45, 7) is 7.13. The number of benzene rings is 1. The SMILES string of the molecule is CCN=C(N)Nc1ccc(-c2nc3c(c(N4CCOCC4)n2)CCN(c2ncccn2)C3)cc1. The topological polar surface area (TPSA) is 118 Å². The molecule has 0 saturated carbocycles. The number of rotatable bonds is 5. The highest BCUT2D eigenvalue weighted by molar-refractivity contribution is 5.92. The Morgan fingerprint density at radius 3 is 2.56 bits per heavy atom. The Bertz CT molecular complexity index is 1150. The number of aliphatic imine (C=N–C) groups is 1. The van der Waals surface area contributed by atoms with Crippen molar-refractivity contribution in [1.29, 1.82) is 0 Å². The van der Waals surface area contributed by atoms with Crippen LogP contribution in [0.2, 0.25) is 0 Å². The number of aromatic nitrogens is 4. The zero-order valence-corrected chi connectivity index (χ0v) is 19.3. The van der Waals surface area contributed by atoms with Crippen LogP contribution in [-0.2, 0) is 17.7 Å². The van der Waals surface area contributed by atoms with E-state index in [0.717, 1.165) is 54.8 Å². The smallest absolute Gasteiger partial charge is 0.225 e. The fraction of sp³-hybridized carbons (Fsp3) is 0.375. The van der Waals surface area contributed by atoms with E-state index in [1.165, 1.54) is 5.56 Å². The zero-order chi connectivity index (χ0) is 23.3. The molecule has 0 unspecified atom stereocenters. The van der Waals surface area contributed by atoms with Gasteiger partial charge in [-0.15, -0.1) is 0 Å². The minimum atomic E-state index is 0.401. The van der Waals surface area contributed by atoms with Crippen LogP contribution >= 0.6 is 0 Å². The van der Waals surface area contributed by atoms with E-state index in [9.17, 15) is 0 Å². The number of nitrogens with one attached hydrogen (secondary N) is 1. The van der Waals surface area contributed by atoms with E-state index in [2.05, 4.69) is 30.1 Å². The second-order valence-corrected chi connectivity index (χ2v) is 8.18. The van der Waals surface area contributed by atoms with Gasteiger partial charge in [-0.3, -0.25) is 4.99 Å². The van der Waals surface area contributed by atoms with Crippen molar-refractivity contribution in [1.82, 2.24) is 19.9 Å². The van der Waals surface area contributed by atoms with E-state index in [-0.39, 0.29) is 0 Å². The second kappa shape index (κ2) is 10.0. The molecule has 2 aromatic heterocycles. The summed E-state index contributed by atoms with van der Waals surface area (Å²) in [5.41, 5.74) is 9.94. The lowest BCUT2D eigenvalue weighted by Gasteiger charge is -2.34. The first-order chi connectivity index (χ1) is 16.7. The third-order valence-electron chi connectivity index (χ3n) is 5.93. The van der Waals surface area contributed by atoms with E-state index >= 15 is 0 Å². The highest BCUT2D eigenvalue weighted by atomic mass is 16.5. The van der Waals surface area contributed by atoms with Gasteiger partial charge in [0.1, 0.15) is 5.82 Å². The second-order valence-electron chi connectivity index (χ2n) is 8.18. The van der Waals surface area contributed by atoms with Crippen molar-refractivity contribution in [2.75, 3.05) is 54.5 Å². The number of hydrogen-bond acceptors (Lipinski definition) is 8. The Hall–Kier alpha value is -3.79. The van der Waals surface area contributed by atoms with Gasteiger partial charge in [0, 0.05) is 55.4 Å². The third-order valence-corrected chi connectivity index (χ3v) is 5.93. The van der Waals surface area contributed by atoms with E-state index in [0.29, 0.717) is 38.1 Å². The predicted octanol–water partition coefficient (Wildman–Crippen LogP) is 2.08. The molecule has 0 aliphatic carbocycles. The summed E-state index contributed by atoms with van der Waals surface area (Å²) in [4.78, 5) is 27.6. The molecule has 3 N–H and O–H groups in total. The van der Waals surface area contributed by atoms with Gasteiger partial charge in [-0.25, -0.2) is 19.9 Å². The van der Waals surface area contributed by atoms with Crippen LogP contribution in [0.25, 0.3) is 11.4 Å². The van der Waals surface area contributed by atoms with Crippen molar-refractivity contribution < 1.29 is 4.74 Å².